The molecule has 0 aliphatic carbocycles. The Bertz CT molecular complexity index is 419. The minimum absolute atomic E-state index is 0.176. The van der Waals surface area contributed by atoms with Crippen LogP contribution in [-0.4, -0.2) is 48.4 Å². The van der Waals surface area contributed by atoms with Crippen molar-refractivity contribution in [1.82, 2.24) is 10.2 Å². The lowest BCUT2D eigenvalue weighted by atomic mass is 10.1. The van der Waals surface area contributed by atoms with Gasteiger partial charge in [-0.25, -0.2) is 4.79 Å². The van der Waals surface area contributed by atoms with E-state index in [0.717, 1.165) is 12.2 Å². The molecule has 0 bridgehead atoms. The van der Waals surface area contributed by atoms with Gasteiger partial charge in [0, 0.05) is 25.7 Å². The summed E-state index contributed by atoms with van der Waals surface area (Å²) in [5, 5.41) is 12.3. The average Bonchev–Trinajstić information content (AvgIpc) is 2.41. The van der Waals surface area contributed by atoms with Gasteiger partial charge in [0.1, 0.15) is 5.75 Å². The van der Waals surface area contributed by atoms with E-state index < -0.39 is 6.09 Å². The molecule has 1 amide bonds. The number of nitrogens with zero attached hydrogens (tertiary/aromatic N) is 1. The minimum atomic E-state index is -0.842. The fourth-order valence-corrected chi connectivity index (χ4v) is 2.15. The van der Waals surface area contributed by atoms with Gasteiger partial charge in [0.2, 0.25) is 0 Å². The fourth-order valence-electron chi connectivity index (χ4n) is 2.15. The minimum Gasteiger partial charge on any atom is -0.494 e. The summed E-state index contributed by atoms with van der Waals surface area (Å²) in [5.41, 5.74) is 1.21. The Morgan fingerprint density at radius 2 is 2.21 bits per heavy atom. The predicted molar refractivity (Wildman–Crippen MR) is 72.7 cm³/mol. The first kappa shape index (κ1) is 13.7. The molecular weight excluding hydrogens is 244 g/mol. The van der Waals surface area contributed by atoms with Crippen LogP contribution >= 0.6 is 0 Å². The van der Waals surface area contributed by atoms with E-state index in [4.69, 9.17) is 9.84 Å². The standard InChI is InChI=1S/C14H20N2O3/c1-11-2-4-13(5-3-11)19-9-6-12-10-16(14(17)18)8-7-15-12/h2-5,12,15H,6-10H2,1H3,(H,17,18)/t12-/m1/s1. The number of carboxylic acid groups (broad SMARTS) is 1. The third-order valence-electron chi connectivity index (χ3n) is 3.28. The van der Waals surface area contributed by atoms with E-state index in [1.165, 1.54) is 10.5 Å². The van der Waals surface area contributed by atoms with Crippen molar-refractivity contribution in [2.75, 3.05) is 26.2 Å². The van der Waals surface area contributed by atoms with Gasteiger partial charge < -0.3 is 20.1 Å². The van der Waals surface area contributed by atoms with Gasteiger partial charge in [-0.3, -0.25) is 0 Å². The van der Waals surface area contributed by atoms with Gasteiger partial charge in [-0.05, 0) is 25.5 Å². The van der Waals surface area contributed by atoms with Gasteiger partial charge in [0.25, 0.3) is 0 Å². The summed E-state index contributed by atoms with van der Waals surface area (Å²) in [7, 11) is 0. The number of aryl methyl sites for hydroxylation is 1. The van der Waals surface area contributed by atoms with Gasteiger partial charge in [-0.1, -0.05) is 17.7 Å². The molecule has 5 heteroatoms. The summed E-state index contributed by atoms with van der Waals surface area (Å²) in [4.78, 5) is 12.3. The summed E-state index contributed by atoms with van der Waals surface area (Å²) in [6.45, 7) is 4.43. The second-order valence-electron chi connectivity index (χ2n) is 4.83. The van der Waals surface area contributed by atoms with Crippen LogP contribution in [0.25, 0.3) is 0 Å². The molecule has 0 unspecified atom stereocenters. The molecule has 1 aromatic rings. The third kappa shape index (κ3) is 4.13. The summed E-state index contributed by atoms with van der Waals surface area (Å²) < 4.78 is 5.65. The zero-order valence-corrected chi connectivity index (χ0v) is 11.1. The Morgan fingerprint density at radius 3 is 2.89 bits per heavy atom. The molecule has 104 valence electrons. The summed E-state index contributed by atoms with van der Waals surface area (Å²) in [5.74, 6) is 0.858. The maximum Gasteiger partial charge on any atom is 0.407 e. The molecule has 1 aliphatic heterocycles. The van der Waals surface area contributed by atoms with E-state index in [9.17, 15) is 4.79 Å². The fraction of sp³-hybridized carbons (Fsp3) is 0.500. The summed E-state index contributed by atoms with van der Waals surface area (Å²) in [6, 6.07) is 8.11. The first-order chi connectivity index (χ1) is 9.15. The van der Waals surface area contributed by atoms with Crippen LogP contribution in [0.15, 0.2) is 24.3 Å². The lowest BCUT2D eigenvalue weighted by molar-refractivity contribution is 0.124. The molecule has 1 atom stereocenters. The highest BCUT2D eigenvalue weighted by Crippen LogP contribution is 2.12. The third-order valence-corrected chi connectivity index (χ3v) is 3.28. The topological polar surface area (TPSA) is 61.8 Å². The van der Waals surface area contributed by atoms with Crippen molar-refractivity contribution in [3.63, 3.8) is 0 Å². The van der Waals surface area contributed by atoms with Gasteiger partial charge in [0.15, 0.2) is 0 Å². The highest BCUT2D eigenvalue weighted by molar-refractivity contribution is 5.65. The van der Waals surface area contributed by atoms with Crippen molar-refractivity contribution in [1.29, 1.82) is 0 Å². The highest BCUT2D eigenvalue weighted by Gasteiger charge is 2.22. The molecule has 1 aromatic carbocycles. The van der Waals surface area contributed by atoms with E-state index in [2.05, 4.69) is 5.32 Å². The number of hydrogen-bond donors (Lipinski definition) is 2. The Kier molecular flexibility index (Phi) is 4.63. The van der Waals surface area contributed by atoms with Crippen LogP contribution in [0.2, 0.25) is 0 Å². The Labute approximate surface area is 113 Å². The molecular formula is C14H20N2O3. The lowest BCUT2D eigenvalue weighted by Crippen LogP contribution is -2.52. The summed E-state index contributed by atoms with van der Waals surface area (Å²) >= 11 is 0. The molecule has 19 heavy (non-hydrogen) atoms. The van der Waals surface area contributed by atoms with Crippen LogP contribution in [0.1, 0.15) is 12.0 Å². The van der Waals surface area contributed by atoms with Crippen LogP contribution in [0.5, 0.6) is 5.75 Å². The number of benzene rings is 1. The molecule has 0 saturated carbocycles. The normalized spacial score (nSPS) is 19.2. The smallest absolute Gasteiger partial charge is 0.407 e. The second kappa shape index (κ2) is 6.43. The number of rotatable bonds is 4. The van der Waals surface area contributed by atoms with Crippen molar-refractivity contribution < 1.29 is 14.6 Å². The molecule has 1 saturated heterocycles. The second-order valence-corrected chi connectivity index (χ2v) is 4.83. The Balaban J connectivity index is 1.73. The highest BCUT2D eigenvalue weighted by atomic mass is 16.5. The lowest BCUT2D eigenvalue weighted by Gasteiger charge is -2.31. The molecule has 1 heterocycles. The predicted octanol–water partition coefficient (Wildman–Crippen LogP) is 1.72. The van der Waals surface area contributed by atoms with Crippen molar-refractivity contribution in [2.24, 2.45) is 0 Å². The molecule has 1 fully saturated rings. The number of ether oxygens (including phenoxy) is 1. The van der Waals surface area contributed by atoms with Gasteiger partial charge in [-0.15, -0.1) is 0 Å². The number of carbonyl (C=O) groups is 1. The summed E-state index contributed by atoms with van der Waals surface area (Å²) in [6.07, 6.45) is -0.0385. The van der Waals surface area contributed by atoms with Crippen LogP contribution in [0.4, 0.5) is 4.79 Å². The first-order valence-electron chi connectivity index (χ1n) is 6.56. The van der Waals surface area contributed by atoms with Crippen molar-refractivity contribution in [3.05, 3.63) is 29.8 Å². The monoisotopic (exact) mass is 264 g/mol. The maximum atomic E-state index is 10.9. The van der Waals surface area contributed by atoms with E-state index in [1.807, 2.05) is 31.2 Å². The van der Waals surface area contributed by atoms with E-state index >= 15 is 0 Å². The van der Waals surface area contributed by atoms with Crippen LogP contribution in [-0.2, 0) is 0 Å². The molecule has 2 N–H and O–H groups in total. The molecule has 0 aromatic heterocycles. The van der Waals surface area contributed by atoms with Crippen LogP contribution < -0.4 is 10.1 Å². The van der Waals surface area contributed by atoms with E-state index in [-0.39, 0.29) is 6.04 Å². The van der Waals surface area contributed by atoms with E-state index in [1.54, 1.807) is 0 Å². The van der Waals surface area contributed by atoms with Crippen molar-refractivity contribution in [2.45, 2.75) is 19.4 Å². The van der Waals surface area contributed by atoms with Gasteiger partial charge in [0.05, 0.1) is 6.61 Å². The van der Waals surface area contributed by atoms with Crippen LogP contribution in [0.3, 0.4) is 0 Å². The zero-order valence-electron chi connectivity index (χ0n) is 11.1. The van der Waals surface area contributed by atoms with Gasteiger partial charge in [-0.2, -0.15) is 0 Å². The molecule has 5 nitrogen and oxygen atoms in total. The number of hydrogen-bond acceptors (Lipinski definition) is 3. The number of amides is 1. The SMILES string of the molecule is Cc1ccc(OCC[C@@H]2CN(C(=O)O)CCN2)cc1. The molecule has 0 spiro atoms. The van der Waals surface area contributed by atoms with Crippen molar-refractivity contribution >= 4 is 6.09 Å². The first-order valence-corrected chi connectivity index (χ1v) is 6.56. The average molecular weight is 264 g/mol. The number of nitrogens with one attached hydrogen (secondary N) is 1. The maximum absolute atomic E-state index is 10.9. The van der Waals surface area contributed by atoms with Crippen molar-refractivity contribution in [3.8, 4) is 5.75 Å². The number of piperazine rings is 1. The Hall–Kier alpha value is -1.75. The largest absolute Gasteiger partial charge is 0.494 e. The molecule has 0 radical (unpaired) electrons. The Morgan fingerprint density at radius 1 is 1.47 bits per heavy atom. The van der Waals surface area contributed by atoms with Gasteiger partial charge >= 0.3 is 6.09 Å². The van der Waals surface area contributed by atoms with Crippen LogP contribution in [0, 0.1) is 6.92 Å². The van der Waals surface area contributed by atoms with E-state index in [0.29, 0.717) is 26.2 Å². The zero-order chi connectivity index (χ0) is 13.7. The molecule has 1 aliphatic rings. The molecule has 2 rings (SSSR count). The quantitative estimate of drug-likeness (QED) is 0.869.